The molecule has 2 aromatic rings. The number of nitrogens with zero attached hydrogens (tertiary/aromatic N) is 1. The molecule has 3 N–H and O–H groups in total. The molecule has 0 bridgehead atoms. The van der Waals surface area contributed by atoms with E-state index in [0.717, 1.165) is 12.1 Å². The minimum atomic E-state index is -4.53. The minimum absolute atomic E-state index is 0.0120. The third-order valence-electron chi connectivity index (χ3n) is 2.79. The number of nitrogens with one attached hydrogen (secondary N) is 1. The van der Waals surface area contributed by atoms with Gasteiger partial charge >= 0.3 is 6.18 Å². The van der Waals surface area contributed by atoms with E-state index in [-0.39, 0.29) is 22.3 Å². The number of benzene rings is 1. The molecule has 0 spiro atoms. The highest BCUT2D eigenvalue weighted by atomic mass is 19.4. The molecular formula is C12H12F3N3O. The largest absolute Gasteiger partial charge is 0.416 e. The van der Waals surface area contributed by atoms with Crippen molar-refractivity contribution < 1.29 is 13.2 Å². The maximum absolute atomic E-state index is 13.0. The molecule has 0 amide bonds. The van der Waals surface area contributed by atoms with E-state index in [0.29, 0.717) is 0 Å². The third-order valence-corrected chi connectivity index (χ3v) is 2.79. The molecule has 1 aromatic carbocycles. The van der Waals surface area contributed by atoms with Gasteiger partial charge in [0, 0.05) is 6.04 Å². The average molecular weight is 271 g/mol. The summed E-state index contributed by atoms with van der Waals surface area (Å²) in [6, 6.07) is 1.20. The van der Waals surface area contributed by atoms with Gasteiger partial charge < -0.3 is 10.7 Å². The lowest BCUT2D eigenvalue weighted by Gasteiger charge is -2.16. The first kappa shape index (κ1) is 13.5. The number of rotatable bonds is 1. The van der Waals surface area contributed by atoms with Crippen LogP contribution in [0.5, 0.6) is 0 Å². The van der Waals surface area contributed by atoms with Gasteiger partial charge in [-0.3, -0.25) is 4.79 Å². The second-order valence-corrected chi connectivity index (χ2v) is 4.39. The summed E-state index contributed by atoms with van der Waals surface area (Å²) < 4.78 is 38.9. The van der Waals surface area contributed by atoms with Crippen LogP contribution in [0.2, 0.25) is 0 Å². The molecule has 1 heterocycles. The highest BCUT2D eigenvalue weighted by Gasteiger charge is 2.34. The summed E-state index contributed by atoms with van der Waals surface area (Å²) in [6.07, 6.45) is -4.53. The monoisotopic (exact) mass is 271 g/mol. The van der Waals surface area contributed by atoms with Crippen molar-refractivity contribution in [3.05, 3.63) is 39.4 Å². The third kappa shape index (κ3) is 2.46. The molecule has 0 saturated carbocycles. The van der Waals surface area contributed by atoms with E-state index in [9.17, 15) is 18.0 Å². The molecule has 1 unspecified atom stereocenters. The molecule has 0 aliphatic carbocycles. The lowest BCUT2D eigenvalue weighted by Crippen LogP contribution is -2.18. The maximum Gasteiger partial charge on any atom is 0.416 e. The van der Waals surface area contributed by atoms with Crippen LogP contribution in [0, 0.1) is 6.92 Å². The number of aryl methyl sites for hydroxylation is 1. The lowest BCUT2D eigenvalue weighted by atomic mass is 9.99. The Hall–Kier alpha value is -1.89. The van der Waals surface area contributed by atoms with E-state index in [1.165, 1.54) is 13.8 Å². The number of hydrogen-bond acceptors (Lipinski definition) is 3. The minimum Gasteiger partial charge on any atom is -0.324 e. The first-order valence-electron chi connectivity index (χ1n) is 5.57. The molecule has 0 aliphatic rings. The first-order chi connectivity index (χ1) is 8.70. The molecule has 19 heavy (non-hydrogen) atoms. The highest BCUT2D eigenvalue weighted by molar-refractivity contribution is 5.79. The summed E-state index contributed by atoms with van der Waals surface area (Å²) in [5.41, 5.74) is 4.12. The predicted octanol–water partition coefficient (Wildman–Crippen LogP) is 2.27. The maximum atomic E-state index is 13.0. The van der Waals surface area contributed by atoms with Crippen LogP contribution < -0.4 is 11.3 Å². The number of alkyl halides is 3. The fraction of sp³-hybridized carbons (Fsp3) is 0.333. The summed E-state index contributed by atoms with van der Waals surface area (Å²) in [5, 5.41) is 0.103. The summed E-state index contributed by atoms with van der Waals surface area (Å²) in [4.78, 5) is 18.1. The standard InChI is InChI=1S/C12H12F3N3O/c1-5(16)7-3-8-10(4-9(7)12(13,14)15)17-6(2)18-11(8)19/h3-5H,16H2,1-2H3,(H,17,18,19). The number of aromatic amines is 1. The fourth-order valence-electron chi connectivity index (χ4n) is 1.94. The van der Waals surface area contributed by atoms with Crippen LogP contribution in [-0.2, 0) is 6.18 Å². The summed E-state index contributed by atoms with van der Waals surface area (Å²) >= 11 is 0. The molecule has 0 fully saturated rings. The van der Waals surface area contributed by atoms with Crippen LogP contribution in [0.25, 0.3) is 10.9 Å². The molecule has 0 radical (unpaired) electrons. The van der Waals surface area contributed by atoms with Crippen LogP contribution in [0.3, 0.4) is 0 Å². The molecule has 1 atom stereocenters. The van der Waals surface area contributed by atoms with Crippen LogP contribution in [0.4, 0.5) is 13.2 Å². The number of nitrogens with two attached hydrogens (primary N) is 1. The zero-order chi connectivity index (χ0) is 14.4. The predicted molar refractivity (Wildman–Crippen MR) is 64.7 cm³/mol. The van der Waals surface area contributed by atoms with Crippen LogP contribution in [-0.4, -0.2) is 9.97 Å². The Morgan fingerprint density at radius 2 is 2.00 bits per heavy atom. The smallest absolute Gasteiger partial charge is 0.324 e. The van der Waals surface area contributed by atoms with Gasteiger partial charge in [-0.2, -0.15) is 13.2 Å². The summed E-state index contributed by atoms with van der Waals surface area (Å²) in [7, 11) is 0. The van der Waals surface area contributed by atoms with Crippen molar-refractivity contribution >= 4 is 10.9 Å². The quantitative estimate of drug-likeness (QED) is 0.835. The molecule has 4 nitrogen and oxygen atoms in total. The zero-order valence-electron chi connectivity index (χ0n) is 10.3. The Labute approximate surface area is 106 Å². The van der Waals surface area contributed by atoms with E-state index in [4.69, 9.17) is 5.73 Å². The van der Waals surface area contributed by atoms with Crippen LogP contribution in [0.1, 0.15) is 29.9 Å². The fourth-order valence-corrected chi connectivity index (χ4v) is 1.94. The van der Waals surface area contributed by atoms with Crippen molar-refractivity contribution in [2.75, 3.05) is 0 Å². The molecule has 1 aromatic heterocycles. The van der Waals surface area contributed by atoms with Crippen molar-refractivity contribution in [2.45, 2.75) is 26.1 Å². The molecule has 2 rings (SSSR count). The van der Waals surface area contributed by atoms with E-state index < -0.39 is 23.3 Å². The van der Waals surface area contributed by atoms with Gasteiger partial charge in [0.1, 0.15) is 5.82 Å². The highest BCUT2D eigenvalue weighted by Crippen LogP contribution is 2.35. The average Bonchev–Trinajstić information content (AvgIpc) is 2.25. The van der Waals surface area contributed by atoms with Crippen molar-refractivity contribution in [3.63, 3.8) is 0 Å². The number of fused-ring (bicyclic) bond motifs is 1. The molecule has 0 saturated heterocycles. The lowest BCUT2D eigenvalue weighted by molar-refractivity contribution is -0.138. The van der Waals surface area contributed by atoms with Crippen molar-refractivity contribution in [3.8, 4) is 0 Å². The van der Waals surface area contributed by atoms with E-state index in [2.05, 4.69) is 9.97 Å². The second kappa shape index (κ2) is 4.34. The van der Waals surface area contributed by atoms with Gasteiger partial charge in [0.15, 0.2) is 0 Å². The normalized spacial score (nSPS) is 13.8. The van der Waals surface area contributed by atoms with Crippen molar-refractivity contribution in [1.82, 2.24) is 9.97 Å². The van der Waals surface area contributed by atoms with Crippen LogP contribution >= 0.6 is 0 Å². The molecule has 7 heteroatoms. The van der Waals surface area contributed by atoms with Crippen molar-refractivity contribution in [2.24, 2.45) is 5.73 Å². The number of H-pyrrole nitrogens is 1. The SMILES string of the molecule is Cc1nc2cc(C(F)(F)F)c(C(C)N)cc2c(=O)[nH]1. The second-order valence-electron chi connectivity index (χ2n) is 4.39. The van der Waals surface area contributed by atoms with Gasteiger partial charge in [-0.05, 0) is 31.5 Å². The van der Waals surface area contributed by atoms with Gasteiger partial charge in [-0.25, -0.2) is 4.98 Å². The Bertz CT molecular complexity index is 689. The van der Waals surface area contributed by atoms with Gasteiger partial charge in [-0.1, -0.05) is 0 Å². The van der Waals surface area contributed by atoms with E-state index in [1.54, 1.807) is 0 Å². The molecular weight excluding hydrogens is 259 g/mol. The Balaban J connectivity index is 2.89. The Morgan fingerprint density at radius 1 is 1.37 bits per heavy atom. The zero-order valence-corrected chi connectivity index (χ0v) is 10.3. The molecule has 102 valence electrons. The number of aromatic nitrogens is 2. The topological polar surface area (TPSA) is 71.8 Å². The van der Waals surface area contributed by atoms with Gasteiger partial charge in [0.05, 0.1) is 16.5 Å². The Morgan fingerprint density at radius 3 is 2.53 bits per heavy atom. The number of hydrogen-bond donors (Lipinski definition) is 2. The van der Waals surface area contributed by atoms with Gasteiger partial charge in [0.2, 0.25) is 0 Å². The summed E-state index contributed by atoms with van der Waals surface area (Å²) in [6.45, 7) is 2.94. The van der Waals surface area contributed by atoms with Crippen LogP contribution in [0.15, 0.2) is 16.9 Å². The number of halogens is 3. The first-order valence-corrected chi connectivity index (χ1v) is 5.57. The van der Waals surface area contributed by atoms with Gasteiger partial charge in [0.25, 0.3) is 5.56 Å². The van der Waals surface area contributed by atoms with Crippen molar-refractivity contribution in [1.29, 1.82) is 0 Å². The van der Waals surface area contributed by atoms with Gasteiger partial charge in [-0.15, -0.1) is 0 Å². The Kier molecular flexibility index (Phi) is 3.09. The van der Waals surface area contributed by atoms with E-state index in [1.807, 2.05) is 0 Å². The molecule has 0 aliphatic heterocycles. The van der Waals surface area contributed by atoms with E-state index >= 15 is 0 Å². The summed E-state index contributed by atoms with van der Waals surface area (Å²) in [5.74, 6) is 0.263.